The van der Waals surface area contributed by atoms with Gasteiger partial charge in [0.15, 0.2) is 5.96 Å². The standard InChI is InChI=1S/C22H39N5S.HI/c1-5-23-22(24-12-14-27(17(2)3)19-10-11-19)25-16-18-8-6-13-26(4)21(18)20-9-7-15-28-20;/h7,9,15,17-19,21H,5-6,8,10-14,16H2,1-4H3,(H2,23,24,25);1H. The number of likely N-dealkylation sites (tertiary alicyclic amines) is 1. The largest absolute Gasteiger partial charge is 0.357 e. The fraction of sp³-hybridized carbons (Fsp3) is 0.773. The predicted molar refractivity (Wildman–Crippen MR) is 137 cm³/mol. The Morgan fingerprint density at radius 2 is 2.10 bits per heavy atom. The summed E-state index contributed by atoms with van der Waals surface area (Å²) in [6.07, 6.45) is 5.27. The first-order valence-corrected chi connectivity index (χ1v) is 12.0. The Bertz CT molecular complexity index is 600. The third-order valence-electron chi connectivity index (χ3n) is 6.01. The van der Waals surface area contributed by atoms with Gasteiger partial charge in [0.25, 0.3) is 0 Å². The minimum Gasteiger partial charge on any atom is -0.357 e. The van der Waals surface area contributed by atoms with E-state index >= 15 is 0 Å². The molecule has 166 valence electrons. The van der Waals surface area contributed by atoms with Crippen LogP contribution in [-0.4, -0.2) is 67.6 Å². The fourth-order valence-corrected chi connectivity index (χ4v) is 5.47. The van der Waals surface area contributed by atoms with Crippen molar-refractivity contribution in [3.63, 3.8) is 0 Å². The molecule has 1 aliphatic heterocycles. The highest BCUT2D eigenvalue weighted by Gasteiger charge is 2.31. The molecule has 2 N–H and O–H groups in total. The third kappa shape index (κ3) is 7.36. The van der Waals surface area contributed by atoms with Crippen LogP contribution in [0.15, 0.2) is 22.5 Å². The van der Waals surface area contributed by atoms with Gasteiger partial charge in [-0.2, -0.15) is 0 Å². The van der Waals surface area contributed by atoms with Crippen LogP contribution in [0.3, 0.4) is 0 Å². The molecule has 1 aromatic rings. The fourth-order valence-electron chi connectivity index (χ4n) is 4.48. The summed E-state index contributed by atoms with van der Waals surface area (Å²) in [5, 5.41) is 9.21. The summed E-state index contributed by atoms with van der Waals surface area (Å²) < 4.78 is 0. The summed E-state index contributed by atoms with van der Waals surface area (Å²) in [6, 6.07) is 6.40. The van der Waals surface area contributed by atoms with Crippen molar-refractivity contribution in [2.75, 3.05) is 39.8 Å². The van der Waals surface area contributed by atoms with Gasteiger partial charge < -0.3 is 10.6 Å². The minimum absolute atomic E-state index is 0. The molecule has 1 saturated heterocycles. The molecule has 2 fully saturated rings. The van der Waals surface area contributed by atoms with Gasteiger partial charge in [-0.15, -0.1) is 35.3 Å². The number of halogens is 1. The van der Waals surface area contributed by atoms with Crippen LogP contribution < -0.4 is 10.6 Å². The Morgan fingerprint density at radius 1 is 1.31 bits per heavy atom. The molecule has 7 heteroatoms. The Kier molecular flexibility index (Phi) is 10.7. The van der Waals surface area contributed by atoms with Crippen molar-refractivity contribution in [2.45, 2.75) is 64.6 Å². The lowest BCUT2D eigenvalue weighted by molar-refractivity contribution is 0.128. The van der Waals surface area contributed by atoms with Crippen molar-refractivity contribution in [3.05, 3.63) is 22.4 Å². The van der Waals surface area contributed by atoms with Gasteiger partial charge in [-0.25, -0.2) is 0 Å². The summed E-state index contributed by atoms with van der Waals surface area (Å²) in [5.41, 5.74) is 0. The maximum Gasteiger partial charge on any atom is 0.191 e. The molecule has 0 aromatic carbocycles. The molecule has 2 heterocycles. The highest BCUT2D eigenvalue weighted by atomic mass is 127. The van der Waals surface area contributed by atoms with E-state index in [0.717, 1.165) is 38.2 Å². The van der Waals surface area contributed by atoms with E-state index in [-0.39, 0.29) is 24.0 Å². The molecule has 0 amide bonds. The smallest absolute Gasteiger partial charge is 0.191 e. The molecule has 2 atom stereocenters. The zero-order valence-electron chi connectivity index (χ0n) is 18.6. The Balaban J connectivity index is 0.00000300. The van der Waals surface area contributed by atoms with Gasteiger partial charge in [0.05, 0.1) is 0 Å². The quantitative estimate of drug-likeness (QED) is 0.284. The lowest BCUT2D eigenvalue weighted by atomic mass is 9.88. The summed E-state index contributed by atoms with van der Waals surface area (Å²) in [7, 11) is 2.27. The van der Waals surface area contributed by atoms with E-state index in [0.29, 0.717) is 18.0 Å². The molecule has 0 spiro atoms. The van der Waals surface area contributed by atoms with Gasteiger partial charge in [0.1, 0.15) is 0 Å². The van der Waals surface area contributed by atoms with Gasteiger partial charge in [0, 0.05) is 49.2 Å². The van der Waals surface area contributed by atoms with Crippen LogP contribution in [0.1, 0.15) is 57.4 Å². The normalized spacial score (nSPS) is 23.3. The molecule has 29 heavy (non-hydrogen) atoms. The summed E-state index contributed by atoms with van der Waals surface area (Å²) in [4.78, 5) is 11.6. The third-order valence-corrected chi connectivity index (χ3v) is 6.95. The van der Waals surface area contributed by atoms with Crippen molar-refractivity contribution in [2.24, 2.45) is 10.9 Å². The van der Waals surface area contributed by atoms with Crippen molar-refractivity contribution in [1.29, 1.82) is 0 Å². The van der Waals surface area contributed by atoms with Crippen LogP contribution >= 0.6 is 35.3 Å². The number of nitrogens with one attached hydrogen (secondary N) is 2. The second-order valence-electron chi connectivity index (χ2n) is 8.55. The highest BCUT2D eigenvalue weighted by Crippen LogP contribution is 2.37. The first kappa shape index (κ1) is 24.9. The molecule has 0 radical (unpaired) electrons. The number of hydrogen-bond acceptors (Lipinski definition) is 4. The molecule has 1 aliphatic carbocycles. The van der Waals surface area contributed by atoms with Crippen LogP contribution in [0.2, 0.25) is 0 Å². The number of hydrogen-bond donors (Lipinski definition) is 2. The van der Waals surface area contributed by atoms with Crippen molar-refractivity contribution >= 4 is 41.3 Å². The SMILES string of the molecule is CCNC(=NCC1CCCN(C)C1c1cccs1)NCCN(C(C)C)C1CC1.I. The van der Waals surface area contributed by atoms with Gasteiger partial charge in [-0.05, 0) is 77.4 Å². The van der Waals surface area contributed by atoms with Crippen LogP contribution in [0, 0.1) is 5.92 Å². The highest BCUT2D eigenvalue weighted by molar-refractivity contribution is 14.0. The molecule has 0 bridgehead atoms. The van der Waals surface area contributed by atoms with Crippen LogP contribution in [0.5, 0.6) is 0 Å². The minimum atomic E-state index is 0. The Labute approximate surface area is 198 Å². The summed E-state index contributed by atoms with van der Waals surface area (Å²) in [6.45, 7) is 11.8. The second-order valence-corrected chi connectivity index (χ2v) is 9.53. The first-order chi connectivity index (χ1) is 13.6. The van der Waals surface area contributed by atoms with Gasteiger partial charge in [-0.3, -0.25) is 14.8 Å². The molecule has 3 rings (SSSR count). The molecule has 2 unspecified atom stereocenters. The molecule has 2 aliphatic rings. The lowest BCUT2D eigenvalue weighted by Gasteiger charge is -2.38. The van der Waals surface area contributed by atoms with Crippen LogP contribution in [0.4, 0.5) is 0 Å². The Hall–Kier alpha value is -0.380. The van der Waals surface area contributed by atoms with E-state index in [1.807, 2.05) is 11.3 Å². The average Bonchev–Trinajstić information content (AvgIpc) is 3.36. The molecular formula is C22H40IN5S. The molecular weight excluding hydrogens is 493 g/mol. The maximum absolute atomic E-state index is 4.99. The summed E-state index contributed by atoms with van der Waals surface area (Å²) in [5.74, 6) is 1.56. The monoisotopic (exact) mass is 533 g/mol. The second kappa shape index (κ2) is 12.5. The van der Waals surface area contributed by atoms with E-state index in [1.54, 1.807) is 0 Å². The number of rotatable bonds is 9. The molecule has 1 aromatic heterocycles. The van der Waals surface area contributed by atoms with Crippen LogP contribution in [-0.2, 0) is 0 Å². The van der Waals surface area contributed by atoms with Crippen LogP contribution in [0.25, 0.3) is 0 Å². The van der Waals surface area contributed by atoms with Crippen molar-refractivity contribution < 1.29 is 0 Å². The molecule has 5 nitrogen and oxygen atoms in total. The molecule has 1 saturated carbocycles. The maximum atomic E-state index is 4.99. The first-order valence-electron chi connectivity index (χ1n) is 11.1. The number of aliphatic imine (C=N–C) groups is 1. The predicted octanol–water partition coefficient (Wildman–Crippen LogP) is 4.18. The number of piperidine rings is 1. The van der Waals surface area contributed by atoms with Gasteiger partial charge >= 0.3 is 0 Å². The Morgan fingerprint density at radius 3 is 2.72 bits per heavy atom. The number of nitrogens with zero attached hydrogens (tertiary/aromatic N) is 3. The van der Waals surface area contributed by atoms with Crippen molar-refractivity contribution in [3.8, 4) is 0 Å². The average molecular weight is 534 g/mol. The van der Waals surface area contributed by atoms with E-state index in [2.05, 4.69) is 65.8 Å². The van der Waals surface area contributed by atoms with Gasteiger partial charge in [-0.1, -0.05) is 6.07 Å². The topological polar surface area (TPSA) is 42.9 Å². The van der Waals surface area contributed by atoms with E-state index < -0.39 is 0 Å². The zero-order valence-corrected chi connectivity index (χ0v) is 21.7. The number of guanidine groups is 1. The van der Waals surface area contributed by atoms with E-state index in [1.165, 1.54) is 37.1 Å². The number of thiophene rings is 1. The van der Waals surface area contributed by atoms with E-state index in [4.69, 9.17) is 4.99 Å². The van der Waals surface area contributed by atoms with E-state index in [9.17, 15) is 0 Å². The van der Waals surface area contributed by atoms with Gasteiger partial charge in [0.2, 0.25) is 0 Å². The zero-order chi connectivity index (χ0) is 19.9. The lowest BCUT2D eigenvalue weighted by Crippen LogP contribution is -2.44. The summed E-state index contributed by atoms with van der Waals surface area (Å²) >= 11 is 1.88. The van der Waals surface area contributed by atoms with Crippen molar-refractivity contribution in [1.82, 2.24) is 20.4 Å².